The molecule has 0 bridgehead atoms. The van der Waals surface area contributed by atoms with E-state index in [-0.39, 0.29) is 0 Å². The van der Waals surface area contributed by atoms with Crippen molar-refractivity contribution in [3.8, 4) is 22.7 Å². The summed E-state index contributed by atoms with van der Waals surface area (Å²) in [7, 11) is 2.97. The third kappa shape index (κ3) is 6.07. The van der Waals surface area contributed by atoms with E-state index >= 15 is 0 Å². The third-order valence-corrected chi connectivity index (χ3v) is 4.65. The zero-order chi connectivity index (χ0) is 23.8. The minimum atomic E-state index is -1.15. The Kier molecular flexibility index (Phi) is 7.59. The zero-order valence-corrected chi connectivity index (χ0v) is 18.4. The minimum Gasteiger partial charge on any atom is -0.497 e. The molecule has 3 amide bonds. The second-order valence-corrected chi connectivity index (χ2v) is 6.92. The molecule has 33 heavy (non-hydrogen) atoms. The first kappa shape index (κ1) is 23.3. The highest BCUT2D eigenvalue weighted by atomic mass is 16.5. The van der Waals surface area contributed by atoms with Crippen LogP contribution in [-0.4, -0.2) is 47.9 Å². The van der Waals surface area contributed by atoms with Gasteiger partial charge in [0.1, 0.15) is 5.75 Å². The van der Waals surface area contributed by atoms with Gasteiger partial charge in [-0.25, -0.2) is 14.3 Å². The predicted molar refractivity (Wildman–Crippen MR) is 123 cm³/mol. The Bertz CT molecular complexity index is 1150. The first-order chi connectivity index (χ1) is 15.9. The average molecular weight is 448 g/mol. The van der Waals surface area contributed by atoms with Gasteiger partial charge in [0.25, 0.3) is 5.91 Å². The summed E-state index contributed by atoms with van der Waals surface area (Å²) in [6.45, 7) is 1.38. The zero-order valence-electron chi connectivity index (χ0n) is 18.4. The maximum Gasteiger partial charge on any atom is 0.331 e. The molecule has 0 saturated carbocycles. The number of urea groups is 1. The number of para-hydroxylation sites is 1. The molecule has 9 heteroatoms. The van der Waals surface area contributed by atoms with Crippen molar-refractivity contribution in [3.63, 3.8) is 0 Å². The summed E-state index contributed by atoms with van der Waals surface area (Å²) in [5.74, 6) is -0.749. The molecule has 0 spiro atoms. The van der Waals surface area contributed by atoms with Crippen LogP contribution in [0.3, 0.4) is 0 Å². The molecule has 0 aliphatic heterocycles. The van der Waals surface area contributed by atoms with Crippen LogP contribution in [0.2, 0.25) is 0 Å². The number of nitrogens with zero attached hydrogens (tertiary/aromatic N) is 2. The van der Waals surface area contributed by atoms with Crippen LogP contribution in [0.15, 0.2) is 66.9 Å². The summed E-state index contributed by atoms with van der Waals surface area (Å²) in [6.07, 6.45) is 3.42. The topological polar surface area (TPSA) is 112 Å². The van der Waals surface area contributed by atoms with E-state index in [1.165, 1.54) is 20.0 Å². The molecule has 1 aromatic heterocycles. The van der Waals surface area contributed by atoms with Gasteiger partial charge in [0, 0.05) is 30.4 Å². The number of methoxy groups -OCH3 is 1. The van der Waals surface area contributed by atoms with Gasteiger partial charge in [-0.1, -0.05) is 18.2 Å². The number of carbonyl (C=O) groups excluding carboxylic acids is 3. The SMILES string of the molecule is CNC(=O)NC(=O)C(C)OC(=O)/C=C/c1cn(-c2ccccc2)nc1-c1ccc(OC)cc1. The number of amides is 3. The van der Waals surface area contributed by atoms with Crippen molar-refractivity contribution >= 4 is 24.0 Å². The van der Waals surface area contributed by atoms with Crippen LogP contribution in [0.5, 0.6) is 5.75 Å². The van der Waals surface area contributed by atoms with Gasteiger partial charge in [-0.2, -0.15) is 5.10 Å². The molecule has 0 fully saturated rings. The lowest BCUT2D eigenvalue weighted by atomic mass is 10.1. The number of nitrogens with one attached hydrogen (secondary N) is 2. The van der Waals surface area contributed by atoms with Gasteiger partial charge in [0.15, 0.2) is 6.10 Å². The van der Waals surface area contributed by atoms with Crippen LogP contribution in [0, 0.1) is 0 Å². The molecule has 0 radical (unpaired) electrons. The maximum atomic E-state index is 12.3. The Morgan fingerprint density at radius 1 is 1.06 bits per heavy atom. The van der Waals surface area contributed by atoms with Crippen LogP contribution in [0.25, 0.3) is 23.0 Å². The van der Waals surface area contributed by atoms with Crippen molar-refractivity contribution in [2.24, 2.45) is 0 Å². The lowest BCUT2D eigenvalue weighted by Crippen LogP contribution is -2.43. The number of hydrogen-bond acceptors (Lipinski definition) is 6. The number of imide groups is 1. The quantitative estimate of drug-likeness (QED) is 0.425. The van der Waals surface area contributed by atoms with Crippen molar-refractivity contribution < 1.29 is 23.9 Å². The van der Waals surface area contributed by atoms with E-state index in [0.717, 1.165) is 11.3 Å². The smallest absolute Gasteiger partial charge is 0.331 e. The summed E-state index contributed by atoms with van der Waals surface area (Å²) >= 11 is 0. The van der Waals surface area contributed by atoms with E-state index in [0.29, 0.717) is 17.0 Å². The van der Waals surface area contributed by atoms with Crippen molar-refractivity contribution in [1.82, 2.24) is 20.4 Å². The van der Waals surface area contributed by atoms with E-state index in [4.69, 9.17) is 9.47 Å². The van der Waals surface area contributed by atoms with Crippen molar-refractivity contribution in [1.29, 1.82) is 0 Å². The van der Waals surface area contributed by atoms with Crippen molar-refractivity contribution in [2.75, 3.05) is 14.2 Å². The van der Waals surface area contributed by atoms with Gasteiger partial charge >= 0.3 is 12.0 Å². The fourth-order valence-electron chi connectivity index (χ4n) is 2.90. The first-order valence-corrected chi connectivity index (χ1v) is 10.1. The van der Waals surface area contributed by atoms with Gasteiger partial charge in [0.2, 0.25) is 0 Å². The highest BCUT2D eigenvalue weighted by Crippen LogP contribution is 2.26. The molecule has 1 unspecified atom stereocenters. The summed E-state index contributed by atoms with van der Waals surface area (Å²) in [5, 5.41) is 8.99. The highest BCUT2D eigenvalue weighted by Gasteiger charge is 2.18. The molecule has 170 valence electrons. The largest absolute Gasteiger partial charge is 0.497 e. The van der Waals surface area contributed by atoms with E-state index in [9.17, 15) is 14.4 Å². The van der Waals surface area contributed by atoms with Crippen molar-refractivity contribution in [3.05, 3.63) is 72.4 Å². The predicted octanol–water partition coefficient (Wildman–Crippen LogP) is 2.95. The van der Waals surface area contributed by atoms with Crippen LogP contribution < -0.4 is 15.4 Å². The minimum absolute atomic E-state index is 0.649. The van der Waals surface area contributed by atoms with E-state index < -0.39 is 24.0 Å². The van der Waals surface area contributed by atoms with E-state index in [1.54, 1.807) is 24.1 Å². The molecule has 0 aliphatic carbocycles. The van der Waals surface area contributed by atoms with Crippen LogP contribution in [0.1, 0.15) is 12.5 Å². The van der Waals surface area contributed by atoms with Gasteiger partial charge in [-0.05, 0) is 49.4 Å². The molecule has 3 aromatic rings. The molecule has 9 nitrogen and oxygen atoms in total. The summed E-state index contributed by atoms with van der Waals surface area (Å²) in [4.78, 5) is 35.4. The first-order valence-electron chi connectivity index (χ1n) is 10.1. The number of esters is 1. The van der Waals surface area contributed by atoms with Gasteiger partial charge in [0.05, 0.1) is 18.5 Å². The van der Waals surface area contributed by atoms with Crippen molar-refractivity contribution in [2.45, 2.75) is 13.0 Å². The van der Waals surface area contributed by atoms with Crippen LogP contribution in [0.4, 0.5) is 4.79 Å². The number of rotatable bonds is 7. The number of ether oxygens (including phenoxy) is 2. The van der Waals surface area contributed by atoms with Crippen LogP contribution >= 0.6 is 0 Å². The Morgan fingerprint density at radius 2 is 1.76 bits per heavy atom. The number of carbonyl (C=O) groups is 3. The van der Waals surface area contributed by atoms with Gasteiger partial charge < -0.3 is 14.8 Å². The molecular weight excluding hydrogens is 424 g/mol. The number of aromatic nitrogens is 2. The second-order valence-electron chi connectivity index (χ2n) is 6.92. The Hall–Kier alpha value is -4.40. The summed E-state index contributed by atoms with van der Waals surface area (Å²) in [6, 6.07) is 16.3. The lowest BCUT2D eigenvalue weighted by Gasteiger charge is -2.11. The molecular formula is C24H24N4O5. The fraction of sp³-hybridized carbons (Fsp3) is 0.167. The van der Waals surface area contributed by atoms with E-state index in [2.05, 4.69) is 15.7 Å². The molecule has 2 N–H and O–H groups in total. The molecule has 2 aromatic carbocycles. The number of benzene rings is 2. The maximum absolute atomic E-state index is 12.3. The Labute approximate surface area is 191 Å². The molecule has 1 atom stereocenters. The van der Waals surface area contributed by atoms with Gasteiger partial charge in [-0.15, -0.1) is 0 Å². The third-order valence-electron chi connectivity index (χ3n) is 4.65. The van der Waals surface area contributed by atoms with Crippen LogP contribution in [-0.2, 0) is 14.3 Å². The highest BCUT2D eigenvalue weighted by molar-refractivity contribution is 5.98. The monoisotopic (exact) mass is 448 g/mol. The molecule has 0 aliphatic rings. The lowest BCUT2D eigenvalue weighted by molar-refractivity contribution is -0.149. The van der Waals surface area contributed by atoms with Gasteiger partial charge in [-0.3, -0.25) is 10.1 Å². The average Bonchev–Trinajstić information content (AvgIpc) is 3.27. The summed E-state index contributed by atoms with van der Waals surface area (Å²) < 4.78 is 12.0. The number of hydrogen-bond donors (Lipinski definition) is 2. The molecule has 3 rings (SSSR count). The summed E-state index contributed by atoms with van der Waals surface area (Å²) in [5.41, 5.74) is 3.00. The molecule has 0 saturated heterocycles. The van der Waals surface area contributed by atoms with E-state index in [1.807, 2.05) is 54.6 Å². The second kappa shape index (κ2) is 10.8. The Morgan fingerprint density at radius 3 is 2.39 bits per heavy atom. The normalized spacial score (nSPS) is 11.6. The fourth-order valence-corrected chi connectivity index (χ4v) is 2.90. The Balaban J connectivity index is 1.83. The standard InChI is InChI=1S/C24H24N4O5/c1-16(23(30)26-24(31)25-2)33-21(29)14-11-18-15-28(19-7-5-4-6-8-19)27-22(18)17-9-12-20(32-3)13-10-17/h4-16H,1-3H3,(H2,25,26,30,31)/b14-11+. The molecule has 1 heterocycles.